The van der Waals surface area contributed by atoms with E-state index in [2.05, 4.69) is 19.9 Å². The zero-order valence-corrected chi connectivity index (χ0v) is 15.3. The number of nitrogens with zero attached hydrogens (tertiary/aromatic N) is 1. The normalized spacial score (nSPS) is 16.9. The number of allylic oxidation sites excluding steroid dienone is 4. The first-order valence-corrected chi connectivity index (χ1v) is 8.09. The van der Waals surface area contributed by atoms with E-state index in [9.17, 15) is 4.79 Å². The highest BCUT2D eigenvalue weighted by molar-refractivity contribution is 5.96. The van der Waals surface area contributed by atoms with Gasteiger partial charge in [0.15, 0.2) is 5.78 Å². The van der Waals surface area contributed by atoms with Crippen LogP contribution in [-0.2, 0) is 4.79 Å². The summed E-state index contributed by atoms with van der Waals surface area (Å²) in [5.41, 5.74) is 4.19. The minimum atomic E-state index is 0.344. The molecule has 0 fully saturated rings. The molecule has 0 amide bonds. The summed E-state index contributed by atoms with van der Waals surface area (Å²) in [5, 5.41) is 8.38. The average molecular weight is 311 g/mol. The minimum Gasteiger partial charge on any atom is -0.295 e. The van der Waals surface area contributed by atoms with Crippen LogP contribution in [0.5, 0.6) is 0 Å². The van der Waals surface area contributed by atoms with Crippen molar-refractivity contribution < 1.29 is 4.79 Å². The highest BCUT2D eigenvalue weighted by Crippen LogP contribution is 2.25. The summed E-state index contributed by atoms with van der Waals surface area (Å²) in [6.45, 7) is 12.1. The molecule has 0 heterocycles. The number of nitriles is 1. The standard InChI is InChI=1S/C9H14O.C8H7N.C4H8/c1-6-4-7(2)8(3)9(10)5-6;1-7-2-4-8(6-9)5-3-7;1-3-4-2/h6H,4-5H2,1-3H3;2-5H,1H3;3-4H,1-2H3/b;;4-3+. The number of Topliss-reactive ketones (excluding diaryl/α,β-unsaturated/α-hetero) is 1. The van der Waals surface area contributed by atoms with Gasteiger partial charge in [0.05, 0.1) is 11.6 Å². The molecular formula is C21H29NO. The van der Waals surface area contributed by atoms with Crippen LogP contribution in [0.2, 0.25) is 0 Å². The van der Waals surface area contributed by atoms with Gasteiger partial charge in [-0.25, -0.2) is 0 Å². The number of hydrogen-bond donors (Lipinski definition) is 0. The predicted octanol–water partition coefficient (Wildman–Crippen LogP) is 5.77. The molecule has 1 aliphatic rings. The quantitative estimate of drug-likeness (QED) is 0.571. The Kier molecular flexibility index (Phi) is 10.4. The second kappa shape index (κ2) is 11.4. The van der Waals surface area contributed by atoms with Gasteiger partial charge in [-0.3, -0.25) is 4.79 Å². The molecular weight excluding hydrogens is 282 g/mol. The third kappa shape index (κ3) is 8.78. The van der Waals surface area contributed by atoms with E-state index >= 15 is 0 Å². The van der Waals surface area contributed by atoms with Gasteiger partial charge in [0.2, 0.25) is 0 Å². The summed E-state index contributed by atoms with van der Waals surface area (Å²) in [6, 6.07) is 9.54. The smallest absolute Gasteiger partial charge is 0.158 e. The van der Waals surface area contributed by atoms with E-state index < -0.39 is 0 Å². The fraction of sp³-hybridized carbons (Fsp3) is 0.429. The molecule has 0 aromatic heterocycles. The van der Waals surface area contributed by atoms with Gasteiger partial charge >= 0.3 is 0 Å². The van der Waals surface area contributed by atoms with Crippen molar-refractivity contribution >= 4 is 5.78 Å². The van der Waals surface area contributed by atoms with Crippen molar-refractivity contribution in [2.24, 2.45) is 5.92 Å². The van der Waals surface area contributed by atoms with Gasteiger partial charge in [0.25, 0.3) is 0 Å². The first kappa shape index (κ1) is 20.9. The third-order valence-corrected chi connectivity index (χ3v) is 3.76. The van der Waals surface area contributed by atoms with Gasteiger partial charge in [-0.2, -0.15) is 5.26 Å². The molecule has 0 radical (unpaired) electrons. The second-order valence-corrected chi connectivity index (χ2v) is 5.99. The summed E-state index contributed by atoms with van der Waals surface area (Å²) in [4.78, 5) is 11.2. The first-order valence-electron chi connectivity index (χ1n) is 8.09. The summed E-state index contributed by atoms with van der Waals surface area (Å²) >= 11 is 0. The molecule has 2 heteroatoms. The van der Waals surface area contributed by atoms with E-state index in [-0.39, 0.29) is 0 Å². The Balaban J connectivity index is 0.000000345. The van der Waals surface area contributed by atoms with Crippen molar-refractivity contribution in [1.29, 1.82) is 5.26 Å². The monoisotopic (exact) mass is 311 g/mol. The van der Waals surface area contributed by atoms with Crippen LogP contribution in [0.4, 0.5) is 0 Å². The maximum absolute atomic E-state index is 11.2. The summed E-state index contributed by atoms with van der Waals surface area (Å²) in [7, 11) is 0. The number of aryl methyl sites for hydroxylation is 1. The Bertz CT molecular complexity index is 581. The highest BCUT2D eigenvalue weighted by Gasteiger charge is 2.18. The van der Waals surface area contributed by atoms with E-state index in [0.717, 1.165) is 24.0 Å². The molecule has 1 aromatic rings. The fourth-order valence-electron chi connectivity index (χ4n) is 2.08. The molecule has 0 saturated heterocycles. The lowest BCUT2D eigenvalue weighted by Crippen LogP contribution is -2.14. The highest BCUT2D eigenvalue weighted by atomic mass is 16.1. The number of ketones is 1. The van der Waals surface area contributed by atoms with Crippen LogP contribution in [0.15, 0.2) is 47.6 Å². The van der Waals surface area contributed by atoms with Gasteiger partial charge in [-0.05, 0) is 64.7 Å². The number of rotatable bonds is 0. The molecule has 1 aromatic carbocycles. The number of carbonyl (C=O) groups is 1. The van der Waals surface area contributed by atoms with Crippen LogP contribution in [0, 0.1) is 24.2 Å². The molecule has 0 bridgehead atoms. The minimum absolute atomic E-state index is 0.344. The Hall–Kier alpha value is -2.14. The molecule has 0 spiro atoms. The third-order valence-electron chi connectivity index (χ3n) is 3.76. The lowest BCUT2D eigenvalue weighted by Gasteiger charge is -2.18. The number of hydrogen-bond acceptors (Lipinski definition) is 2. The predicted molar refractivity (Wildman–Crippen MR) is 98.2 cm³/mol. The Morgan fingerprint density at radius 2 is 1.57 bits per heavy atom. The van der Waals surface area contributed by atoms with Crippen molar-refractivity contribution in [2.45, 2.75) is 54.4 Å². The van der Waals surface area contributed by atoms with E-state index in [1.165, 1.54) is 11.1 Å². The van der Waals surface area contributed by atoms with Gasteiger partial charge in [-0.1, -0.05) is 42.3 Å². The number of benzene rings is 1. The Labute approximate surface area is 141 Å². The fourth-order valence-corrected chi connectivity index (χ4v) is 2.08. The Morgan fingerprint density at radius 3 is 1.96 bits per heavy atom. The van der Waals surface area contributed by atoms with Gasteiger partial charge in [0, 0.05) is 6.42 Å². The van der Waals surface area contributed by atoms with Crippen molar-refractivity contribution in [3.8, 4) is 6.07 Å². The van der Waals surface area contributed by atoms with Gasteiger partial charge < -0.3 is 0 Å². The molecule has 0 aliphatic heterocycles. The topological polar surface area (TPSA) is 40.9 Å². The molecule has 0 saturated carbocycles. The van der Waals surface area contributed by atoms with Gasteiger partial charge in [0.1, 0.15) is 0 Å². The van der Waals surface area contributed by atoms with E-state index in [4.69, 9.17) is 5.26 Å². The van der Waals surface area contributed by atoms with Crippen LogP contribution in [0.3, 0.4) is 0 Å². The largest absolute Gasteiger partial charge is 0.295 e. The van der Waals surface area contributed by atoms with Crippen molar-refractivity contribution in [3.63, 3.8) is 0 Å². The van der Waals surface area contributed by atoms with E-state index in [0.29, 0.717) is 11.7 Å². The van der Waals surface area contributed by atoms with Crippen molar-refractivity contribution in [3.05, 3.63) is 58.7 Å². The average Bonchev–Trinajstić information content (AvgIpc) is 2.54. The van der Waals surface area contributed by atoms with Crippen molar-refractivity contribution in [1.82, 2.24) is 0 Å². The maximum Gasteiger partial charge on any atom is 0.158 e. The molecule has 1 unspecified atom stereocenters. The lowest BCUT2D eigenvalue weighted by atomic mass is 9.85. The van der Waals surface area contributed by atoms with Crippen LogP contribution in [0.1, 0.15) is 58.6 Å². The zero-order chi connectivity index (χ0) is 17.8. The zero-order valence-electron chi connectivity index (χ0n) is 15.3. The van der Waals surface area contributed by atoms with Crippen LogP contribution < -0.4 is 0 Å². The van der Waals surface area contributed by atoms with Gasteiger partial charge in [-0.15, -0.1) is 0 Å². The molecule has 0 N–H and O–H groups in total. The van der Waals surface area contributed by atoms with Crippen molar-refractivity contribution in [2.75, 3.05) is 0 Å². The SMILES string of the molecule is C/C=C/C.CC1=C(C)C(=O)CC(C)C1.Cc1ccc(C#N)cc1. The molecule has 124 valence electrons. The van der Waals surface area contributed by atoms with E-state index in [1.54, 1.807) is 0 Å². The van der Waals surface area contributed by atoms with Crippen LogP contribution in [-0.4, -0.2) is 5.78 Å². The Morgan fingerprint density at radius 1 is 1.04 bits per heavy atom. The molecule has 1 atom stereocenters. The summed E-state index contributed by atoms with van der Waals surface area (Å²) < 4.78 is 0. The molecule has 1 aliphatic carbocycles. The lowest BCUT2D eigenvalue weighted by molar-refractivity contribution is -0.116. The first-order chi connectivity index (χ1) is 10.8. The molecule has 2 rings (SSSR count). The van der Waals surface area contributed by atoms with E-state index in [1.807, 2.05) is 64.1 Å². The maximum atomic E-state index is 11.2. The van der Waals surface area contributed by atoms with Crippen LogP contribution in [0.25, 0.3) is 0 Å². The summed E-state index contributed by atoms with van der Waals surface area (Å²) in [6.07, 6.45) is 5.86. The summed E-state index contributed by atoms with van der Waals surface area (Å²) in [5.74, 6) is 0.910. The molecule has 2 nitrogen and oxygen atoms in total. The van der Waals surface area contributed by atoms with Crippen LogP contribution >= 0.6 is 0 Å². The molecule has 23 heavy (non-hydrogen) atoms. The second-order valence-electron chi connectivity index (χ2n) is 5.99. The number of carbonyl (C=O) groups excluding carboxylic acids is 1.